The van der Waals surface area contributed by atoms with Crippen LogP contribution in [0, 0.1) is 11.3 Å². The van der Waals surface area contributed by atoms with E-state index in [1.165, 1.54) is 6.42 Å². The topological polar surface area (TPSA) is 39.1 Å². The lowest BCUT2D eigenvalue weighted by Gasteiger charge is -2.34. The van der Waals surface area contributed by atoms with Gasteiger partial charge in [0, 0.05) is 25.7 Å². The van der Waals surface area contributed by atoms with E-state index in [-0.39, 0.29) is 0 Å². The summed E-state index contributed by atoms with van der Waals surface area (Å²) in [5.41, 5.74) is 0. The predicted molar refractivity (Wildman–Crippen MR) is 48.8 cm³/mol. The summed E-state index contributed by atoms with van der Waals surface area (Å²) >= 11 is 0. The molecule has 1 saturated heterocycles. The molecular formula is C9H17N3. The third kappa shape index (κ3) is 2.47. The van der Waals surface area contributed by atoms with Crippen LogP contribution in [-0.2, 0) is 0 Å². The van der Waals surface area contributed by atoms with Crippen LogP contribution in [0.3, 0.4) is 0 Å². The first-order valence-corrected chi connectivity index (χ1v) is 4.70. The van der Waals surface area contributed by atoms with Crippen LogP contribution >= 0.6 is 0 Å². The van der Waals surface area contributed by atoms with Gasteiger partial charge in [-0.3, -0.25) is 4.90 Å². The van der Waals surface area contributed by atoms with Crippen molar-refractivity contribution in [2.45, 2.75) is 25.8 Å². The fourth-order valence-corrected chi connectivity index (χ4v) is 1.69. The second-order valence-electron chi connectivity index (χ2n) is 3.26. The molecule has 68 valence electrons. The van der Waals surface area contributed by atoms with E-state index in [0.717, 1.165) is 26.2 Å². The Morgan fingerprint density at radius 1 is 1.67 bits per heavy atom. The molecule has 3 nitrogen and oxygen atoms in total. The van der Waals surface area contributed by atoms with E-state index in [0.29, 0.717) is 12.5 Å². The fourth-order valence-electron chi connectivity index (χ4n) is 1.69. The maximum absolute atomic E-state index is 8.60. The van der Waals surface area contributed by atoms with Crippen molar-refractivity contribution in [2.24, 2.45) is 0 Å². The van der Waals surface area contributed by atoms with Crippen molar-refractivity contribution in [1.82, 2.24) is 10.2 Å². The van der Waals surface area contributed by atoms with Crippen molar-refractivity contribution in [2.75, 3.05) is 26.2 Å². The lowest BCUT2D eigenvalue weighted by atomic mass is 10.1. The molecule has 0 spiro atoms. The van der Waals surface area contributed by atoms with Gasteiger partial charge in [-0.15, -0.1) is 0 Å². The highest BCUT2D eigenvalue weighted by Crippen LogP contribution is 2.06. The van der Waals surface area contributed by atoms with Gasteiger partial charge >= 0.3 is 0 Å². The lowest BCUT2D eigenvalue weighted by Crippen LogP contribution is -2.51. The normalized spacial score (nSPS) is 25.2. The van der Waals surface area contributed by atoms with E-state index in [4.69, 9.17) is 5.26 Å². The largest absolute Gasteiger partial charge is 0.314 e. The first-order chi connectivity index (χ1) is 5.88. The number of nitrogens with zero attached hydrogens (tertiary/aromatic N) is 2. The Labute approximate surface area is 74.4 Å². The second-order valence-corrected chi connectivity index (χ2v) is 3.26. The van der Waals surface area contributed by atoms with Crippen molar-refractivity contribution in [3.05, 3.63) is 0 Å². The zero-order valence-corrected chi connectivity index (χ0v) is 7.71. The highest BCUT2D eigenvalue weighted by Gasteiger charge is 2.20. The molecule has 12 heavy (non-hydrogen) atoms. The van der Waals surface area contributed by atoms with Crippen LogP contribution in [0.1, 0.15) is 19.8 Å². The van der Waals surface area contributed by atoms with Crippen molar-refractivity contribution >= 4 is 0 Å². The first-order valence-electron chi connectivity index (χ1n) is 4.70. The zero-order valence-electron chi connectivity index (χ0n) is 7.71. The Hall–Kier alpha value is -0.590. The van der Waals surface area contributed by atoms with E-state index < -0.39 is 0 Å². The Kier molecular flexibility index (Phi) is 4.06. The van der Waals surface area contributed by atoms with E-state index >= 15 is 0 Å². The molecule has 0 aromatic carbocycles. The Bertz CT molecular complexity index is 160. The number of nitriles is 1. The Morgan fingerprint density at radius 2 is 2.50 bits per heavy atom. The molecule has 1 heterocycles. The molecule has 0 aliphatic carbocycles. The minimum absolute atomic E-state index is 0.448. The minimum atomic E-state index is 0.448. The maximum atomic E-state index is 8.60. The summed E-state index contributed by atoms with van der Waals surface area (Å²) in [6.07, 6.45) is 1.84. The molecular weight excluding hydrogens is 150 g/mol. The summed E-state index contributed by atoms with van der Waals surface area (Å²) in [5.74, 6) is 0. The van der Waals surface area contributed by atoms with Crippen LogP contribution < -0.4 is 5.32 Å². The van der Waals surface area contributed by atoms with E-state index in [1.54, 1.807) is 0 Å². The third-order valence-corrected chi connectivity index (χ3v) is 2.31. The average molecular weight is 167 g/mol. The molecule has 1 N–H and O–H groups in total. The van der Waals surface area contributed by atoms with Crippen molar-refractivity contribution in [3.63, 3.8) is 0 Å². The molecule has 0 radical (unpaired) electrons. The first kappa shape index (κ1) is 9.50. The summed E-state index contributed by atoms with van der Waals surface area (Å²) < 4.78 is 0. The molecule has 1 unspecified atom stereocenters. The van der Waals surface area contributed by atoms with Gasteiger partial charge in [0.05, 0.1) is 12.5 Å². The maximum Gasteiger partial charge on any atom is 0.0638 e. The molecule has 0 aromatic rings. The molecule has 0 aromatic heterocycles. The molecule has 1 atom stereocenters. The monoisotopic (exact) mass is 167 g/mol. The molecule has 1 rings (SSSR count). The summed E-state index contributed by atoms with van der Waals surface area (Å²) in [7, 11) is 0. The number of hydrogen-bond donors (Lipinski definition) is 1. The molecule has 0 bridgehead atoms. The van der Waals surface area contributed by atoms with E-state index in [1.807, 2.05) is 0 Å². The van der Waals surface area contributed by atoms with Crippen molar-refractivity contribution in [1.29, 1.82) is 5.26 Å². The van der Waals surface area contributed by atoms with Gasteiger partial charge in [0.15, 0.2) is 0 Å². The summed E-state index contributed by atoms with van der Waals surface area (Å²) in [6, 6.07) is 2.69. The summed E-state index contributed by atoms with van der Waals surface area (Å²) in [5, 5.41) is 11.9. The predicted octanol–water partition coefficient (Wildman–Crippen LogP) is 0.584. The molecule has 1 aliphatic heterocycles. The highest BCUT2D eigenvalue weighted by atomic mass is 15.2. The number of hydrogen-bond acceptors (Lipinski definition) is 3. The minimum Gasteiger partial charge on any atom is -0.314 e. The Morgan fingerprint density at radius 3 is 3.17 bits per heavy atom. The zero-order chi connectivity index (χ0) is 8.81. The second kappa shape index (κ2) is 5.13. The SMILES string of the molecule is CCCN1CCNCC1CC#N. The van der Waals surface area contributed by atoms with Crippen LogP contribution in [0.15, 0.2) is 0 Å². The van der Waals surface area contributed by atoms with Gasteiger partial charge in [0.1, 0.15) is 0 Å². The van der Waals surface area contributed by atoms with Crippen LogP contribution in [0.5, 0.6) is 0 Å². The van der Waals surface area contributed by atoms with Gasteiger partial charge < -0.3 is 5.32 Å². The van der Waals surface area contributed by atoms with Gasteiger partial charge in [0.25, 0.3) is 0 Å². The molecule has 0 saturated carbocycles. The highest BCUT2D eigenvalue weighted by molar-refractivity contribution is 4.87. The van der Waals surface area contributed by atoms with Crippen LogP contribution in [0.25, 0.3) is 0 Å². The molecule has 1 aliphatic rings. The van der Waals surface area contributed by atoms with Gasteiger partial charge in [-0.1, -0.05) is 6.92 Å². The standard InChI is InChI=1S/C9H17N3/c1-2-6-12-7-5-11-8-9(12)3-4-10/h9,11H,2-3,5-8H2,1H3. The number of nitrogens with one attached hydrogen (secondary N) is 1. The van der Waals surface area contributed by atoms with E-state index in [2.05, 4.69) is 23.2 Å². The van der Waals surface area contributed by atoms with Gasteiger partial charge in [-0.05, 0) is 13.0 Å². The van der Waals surface area contributed by atoms with Gasteiger partial charge in [0.2, 0.25) is 0 Å². The van der Waals surface area contributed by atoms with Crippen LogP contribution in [-0.4, -0.2) is 37.1 Å². The average Bonchev–Trinajstić information content (AvgIpc) is 2.09. The van der Waals surface area contributed by atoms with Gasteiger partial charge in [-0.2, -0.15) is 5.26 Å². The van der Waals surface area contributed by atoms with Crippen LogP contribution in [0.2, 0.25) is 0 Å². The fraction of sp³-hybridized carbons (Fsp3) is 0.889. The number of rotatable bonds is 3. The van der Waals surface area contributed by atoms with E-state index in [9.17, 15) is 0 Å². The quantitative estimate of drug-likeness (QED) is 0.668. The van der Waals surface area contributed by atoms with Gasteiger partial charge in [-0.25, -0.2) is 0 Å². The molecule has 1 fully saturated rings. The lowest BCUT2D eigenvalue weighted by molar-refractivity contribution is 0.164. The molecule has 3 heteroatoms. The smallest absolute Gasteiger partial charge is 0.0638 e. The summed E-state index contributed by atoms with van der Waals surface area (Å²) in [6.45, 7) is 6.47. The molecule has 0 amide bonds. The van der Waals surface area contributed by atoms with Crippen molar-refractivity contribution < 1.29 is 0 Å². The van der Waals surface area contributed by atoms with Crippen LogP contribution in [0.4, 0.5) is 0 Å². The third-order valence-electron chi connectivity index (χ3n) is 2.31. The Balaban J connectivity index is 2.38. The number of piperazine rings is 1. The van der Waals surface area contributed by atoms with Crippen molar-refractivity contribution in [3.8, 4) is 6.07 Å². The summed E-state index contributed by atoms with van der Waals surface area (Å²) in [4.78, 5) is 2.42.